The summed E-state index contributed by atoms with van der Waals surface area (Å²) in [7, 11) is 0. The third-order valence-electron chi connectivity index (χ3n) is 10.9. The molecule has 0 saturated heterocycles. The number of aromatic nitrogens is 6. The number of hydrogen-bond acceptors (Lipinski definition) is 5. The summed E-state index contributed by atoms with van der Waals surface area (Å²) < 4.78 is 2.18. The van der Waals surface area contributed by atoms with E-state index >= 15 is 0 Å². The molecule has 0 spiro atoms. The van der Waals surface area contributed by atoms with Crippen LogP contribution in [0, 0.1) is 0 Å². The normalized spacial score (nSPS) is 11.4. The van der Waals surface area contributed by atoms with Gasteiger partial charge in [0.1, 0.15) is 5.69 Å². The van der Waals surface area contributed by atoms with E-state index in [1.54, 1.807) is 0 Å². The zero-order chi connectivity index (χ0) is 39.1. The van der Waals surface area contributed by atoms with E-state index in [4.69, 9.17) is 24.9 Å². The number of nitrogens with zero attached hydrogens (tertiary/aromatic N) is 6. The first-order valence-electron chi connectivity index (χ1n) is 19.7. The van der Waals surface area contributed by atoms with Crippen LogP contribution in [0.15, 0.2) is 206 Å². The molecular formula is C53H34N6. The van der Waals surface area contributed by atoms with Crippen LogP contribution in [0.25, 0.3) is 106 Å². The molecule has 0 N–H and O–H groups in total. The van der Waals surface area contributed by atoms with Gasteiger partial charge in [0.15, 0.2) is 23.3 Å². The molecule has 0 radical (unpaired) electrons. The lowest BCUT2D eigenvalue weighted by atomic mass is 9.87. The van der Waals surface area contributed by atoms with Crippen molar-refractivity contribution in [3.63, 3.8) is 0 Å². The Kier molecular flexibility index (Phi) is 8.37. The Morgan fingerprint density at radius 1 is 0.322 bits per heavy atom. The summed E-state index contributed by atoms with van der Waals surface area (Å²) in [6, 6.07) is 69.0. The van der Waals surface area contributed by atoms with Crippen LogP contribution in [0.4, 0.5) is 0 Å². The molecule has 59 heavy (non-hydrogen) atoms. The topological polar surface area (TPSA) is 69.4 Å². The van der Waals surface area contributed by atoms with Crippen LogP contribution >= 0.6 is 0 Å². The van der Waals surface area contributed by atoms with E-state index in [1.807, 2.05) is 103 Å². The van der Waals surface area contributed by atoms with Crippen molar-refractivity contribution in [3.05, 3.63) is 206 Å². The fourth-order valence-corrected chi connectivity index (χ4v) is 8.16. The lowest BCUT2D eigenvalue weighted by molar-refractivity contribution is 1.08. The van der Waals surface area contributed by atoms with Crippen LogP contribution in [-0.2, 0) is 0 Å². The summed E-state index contributed by atoms with van der Waals surface area (Å²) in [4.78, 5) is 25.3. The molecule has 276 valence electrons. The molecule has 6 nitrogen and oxygen atoms in total. The molecule has 0 fully saturated rings. The van der Waals surface area contributed by atoms with Gasteiger partial charge >= 0.3 is 0 Å². The van der Waals surface area contributed by atoms with Gasteiger partial charge in [-0.25, -0.2) is 19.9 Å². The van der Waals surface area contributed by atoms with Crippen LogP contribution in [0.3, 0.4) is 0 Å². The number of imidazole rings is 1. The Balaban J connectivity index is 1.01. The first-order valence-corrected chi connectivity index (χ1v) is 19.7. The van der Waals surface area contributed by atoms with Gasteiger partial charge in [-0.2, -0.15) is 0 Å². The summed E-state index contributed by atoms with van der Waals surface area (Å²) in [6.45, 7) is 0. The molecule has 11 aromatic rings. The maximum absolute atomic E-state index is 5.17. The average Bonchev–Trinajstić information content (AvgIpc) is 3.71. The van der Waals surface area contributed by atoms with Crippen molar-refractivity contribution in [3.8, 4) is 73.6 Å². The Morgan fingerprint density at radius 2 is 0.797 bits per heavy atom. The van der Waals surface area contributed by atoms with Crippen molar-refractivity contribution < 1.29 is 0 Å². The van der Waals surface area contributed by atoms with E-state index in [0.29, 0.717) is 17.5 Å². The zero-order valence-corrected chi connectivity index (χ0v) is 31.8. The molecule has 0 aliphatic carbocycles. The van der Waals surface area contributed by atoms with E-state index in [1.165, 1.54) is 5.56 Å². The summed E-state index contributed by atoms with van der Waals surface area (Å²) in [5.41, 5.74) is 11.1. The summed E-state index contributed by atoms with van der Waals surface area (Å²) in [5.74, 6) is 2.73. The molecule has 6 heteroatoms. The number of rotatable bonds is 7. The van der Waals surface area contributed by atoms with E-state index < -0.39 is 0 Å². The Labute approximate surface area is 340 Å². The predicted molar refractivity (Wildman–Crippen MR) is 240 cm³/mol. The van der Waals surface area contributed by atoms with E-state index in [9.17, 15) is 0 Å². The highest BCUT2D eigenvalue weighted by Crippen LogP contribution is 2.43. The molecule has 0 aliphatic heterocycles. The van der Waals surface area contributed by atoms with E-state index in [2.05, 4.69) is 108 Å². The number of para-hydroxylation sites is 3. The molecule has 8 aromatic carbocycles. The molecule has 3 aromatic heterocycles. The van der Waals surface area contributed by atoms with E-state index in [-0.39, 0.29) is 0 Å². The first kappa shape index (κ1) is 34.2. The van der Waals surface area contributed by atoms with Gasteiger partial charge in [0, 0.05) is 34.1 Å². The number of pyridine rings is 1. The van der Waals surface area contributed by atoms with Gasteiger partial charge in [0.2, 0.25) is 0 Å². The van der Waals surface area contributed by atoms with Crippen molar-refractivity contribution in [2.75, 3.05) is 0 Å². The first-order chi connectivity index (χ1) is 29.3. The van der Waals surface area contributed by atoms with Crippen LogP contribution < -0.4 is 0 Å². The van der Waals surface area contributed by atoms with Gasteiger partial charge in [-0.05, 0) is 68.6 Å². The molecule has 11 rings (SSSR count). The third-order valence-corrected chi connectivity index (χ3v) is 10.9. The Morgan fingerprint density at radius 3 is 1.37 bits per heavy atom. The highest BCUT2D eigenvalue weighted by Gasteiger charge is 2.21. The minimum Gasteiger partial charge on any atom is -0.291 e. The minimum absolute atomic E-state index is 0.639. The van der Waals surface area contributed by atoms with Crippen LogP contribution in [0.5, 0.6) is 0 Å². The van der Waals surface area contributed by atoms with Gasteiger partial charge in [-0.3, -0.25) is 9.55 Å². The largest absolute Gasteiger partial charge is 0.291 e. The molecule has 0 unspecified atom stereocenters. The molecular weight excluding hydrogens is 721 g/mol. The van der Waals surface area contributed by atoms with Gasteiger partial charge in [0.25, 0.3) is 0 Å². The second kappa shape index (κ2) is 14.4. The summed E-state index contributed by atoms with van der Waals surface area (Å²) in [5, 5.41) is 4.42. The monoisotopic (exact) mass is 754 g/mol. The van der Waals surface area contributed by atoms with Gasteiger partial charge in [-0.1, -0.05) is 170 Å². The fraction of sp³-hybridized carbons (Fsp3) is 0. The summed E-state index contributed by atoms with van der Waals surface area (Å²) in [6.07, 6.45) is 1.95. The second-order valence-electron chi connectivity index (χ2n) is 14.5. The van der Waals surface area contributed by atoms with Crippen LogP contribution in [0.1, 0.15) is 0 Å². The Bertz CT molecular complexity index is 3170. The van der Waals surface area contributed by atoms with Gasteiger partial charge < -0.3 is 0 Å². The Hall–Kier alpha value is -8.09. The average molecular weight is 755 g/mol. The minimum atomic E-state index is 0.639. The quantitative estimate of drug-likeness (QED) is 0.152. The standard InChI is InChI=1S/C53H34N6/c1-4-16-37(17-5-1)50-56-51(38-18-6-2-7-19-38)58-52(57-50)49-43-24-12-10-22-41(43)48(42-23-11-13-25-44(42)49)36-30-28-35(29-31-36)39-32-33-46(54-34-39)53-55-45-26-14-15-27-47(45)59(53)40-20-8-3-9-21-40/h1-34H. The highest BCUT2D eigenvalue weighted by atomic mass is 15.1. The van der Waals surface area contributed by atoms with Gasteiger partial charge in [-0.15, -0.1) is 0 Å². The molecule has 0 bridgehead atoms. The third kappa shape index (κ3) is 6.11. The number of fused-ring (bicyclic) bond motifs is 3. The highest BCUT2D eigenvalue weighted by molar-refractivity contribution is 6.20. The maximum atomic E-state index is 5.17. The van der Waals surface area contributed by atoms with Gasteiger partial charge in [0.05, 0.1) is 11.0 Å². The van der Waals surface area contributed by atoms with Crippen molar-refractivity contribution in [1.29, 1.82) is 0 Å². The molecule has 3 heterocycles. The van der Waals surface area contributed by atoms with E-state index in [0.717, 1.165) is 83.2 Å². The zero-order valence-electron chi connectivity index (χ0n) is 31.8. The lowest BCUT2D eigenvalue weighted by Gasteiger charge is -2.18. The van der Waals surface area contributed by atoms with Crippen LogP contribution in [0.2, 0.25) is 0 Å². The number of benzene rings is 8. The SMILES string of the molecule is c1ccc(-c2nc(-c3ccccc3)nc(-c3c4ccccc4c(-c4ccc(-c5ccc(-c6nc7ccccc7n6-c6ccccc6)nc5)cc4)c4ccccc34)n2)cc1. The molecule has 0 aliphatic rings. The number of hydrogen-bond donors (Lipinski definition) is 0. The van der Waals surface area contributed by atoms with Crippen molar-refractivity contribution >= 4 is 32.6 Å². The fourth-order valence-electron chi connectivity index (χ4n) is 8.16. The van der Waals surface area contributed by atoms with Crippen molar-refractivity contribution in [1.82, 2.24) is 29.5 Å². The molecule has 0 saturated carbocycles. The van der Waals surface area contributed by atoms with Crippen molar-refractivity contribution in [2.45, 2.75) is 0 Å². The predicted octanol–water partition coefficient (Wildman–Crippen LogP) is 12.9. The second-order valence-corrected chi connectivity index (χ2v) is 14.5. The lowest BCUT2D eigenvalue weighted by Crippen LogP contribution is -2.01. The van der Waals surface area contributed by atoms with Crippen molar-refractivity contribution in [2.24, 2.45) is 0 Å². The molecule has 0 atom stereocenters. The summed E-state index contributed by atoms with van der Waals surface area (Å²) >= 11 is 0. The smallest absolute Gasteiger partial charge is 0.165 e. The van der Waals surface area contributed by atoms with Crippen LogP contribution in [-0.4, -0.2) is 29.5 Å². The maximum Gasteiger partial charge on any atom is 0.165 e. The molecule has 0 amide bonds.